The third-order valence-corrected chi connectivity index (χ3v) is 5.04. The van der Waals surface area contributed by atoms with Gasteiger partial charge in [0.15, 0.2) is 0 Å². The van der Waals surface area contributed by atoms with Crippen LogP contribution in [0.15, 0.2) is 0 Å². The lowest BCUT2D eigenvalue weighted by molar-refractivity contribution is -0.0373. The fourth-order valence-electron chi connectivity index (χ4n) is 3.73. The summed E-state index contributed by atoms with van der Waals surface area (Å²) in [5, 5.41) is 13.4. The second-order valence-corrected chi connectivity index (χ2v) is 7.35. The standard InChI is InChI=1S/C17H34N2O2/c1-15(2)18-12-17(8-6-10-21-14-17)13-19-9-5-3-4-7-16(19)11-20/h15-16,18,20H,3-14H2,1-2H3. The minimum atomic E-state index is 0.223. The second-order valence-electron chi connectivity index (χ2n) is 7.35. The van der Waals surface area contributed by atoms with E-state index in [1.807, 2.05) is 0 Å². The molecule has 4 nitrogen and oxygen atoms in total. The van der Waals surface area contributed by atoms with Crippen LogP contribution >= 0.6 is 0 Å². The molecule has 2 aliphatic rings. The van der Waals surface area contributed by atoms with E-state index in [4.69, 9.17) is 4.74 Å². The lowest BCUT2D eigenvalue weighted by Gasteiger charge is -2.43. The zero-order valence-corrected chi connectivity index (χ0v) is 13.9. The number of likely N-dealkylation sites (tertiary alicyclic amines) is 1. The molecule has 0 saturated carbocycles. The number of nitrogens with one attached hydrogen (secondary N) is 1. The maximum atomic E-state index is 9.73. The van der Waals surface area contributed by atoms with Crippen LogP contribution in [0.4, 0.5) is 0 Å². The molecule has 124 valence electrons. The number of hydrogen-bond donors (Lipinski definition) is 2. The molecule has 2 rings (SSSR count). The van der Waals surface area contributed by atoms with E-state index in [2.05, 4.69) is 24.1 Å². The fourth-order valence-corrected chi connectivity index (χ4v) is 3.73. The van der Waals surface area contributed by atoms with Gasteiger partial charge in [-0.05, 0) is 32.2 Å². The van der Waals surface area contributed by atoms with Crippen LogP contribution in [0.1, 0.15) is 52.4 Å². The highest BCUT2D eigenvalue weighted by Gasteiger charge is 2.36. The molecule has 2 N–H and O–H groups in total. The summed E-state index contributed by atoms with van der Waals surface area (Å²) in [4.78, 5) is 2.55. The van der Waals surface area contributed by atoms with Gasteiger partial charge in [-0.3, -0.25) is 4.90 Å². The summed E-state index contributed by atoms with van der Waals surface area (Å²) in [6.45, 7) is 9.72. The highest BCUT2D eigenvalue weighted by molar-refractivity contribution is 4.90. The number of rotatable bonds is 6. The number of ether oxygens (including phenoxy) is 1. The van der Waals surface area contributed by atoms with E-state index in [0.717, 1.165) is 45.7 Å². The Kier molecular flexibility index (Phi) is 6.93. The quantitative estimate of drug-likeness (QED) is 0.787. The van der Waals surface area contributed by atoms with Crippen LogP contribution in [0.5, 0.6) is 0 Å². The molecule has 0 spiro atoms. The molecule has 0 aromatic carbocycles. The van der Waals surface area contributed by atoms with E-state index >= 15 is 0 Å². The topological polar surface area (TPSA) is 44.7 Å². The molecule has 2 heterocycles. The Balaban J connectivity index is 2.01. The average Bonchev–Trinajstić information content (AvgIpc) is 2.71. The van der Waals surface area contributed by atoms with Crippen molar-refractivity contribution in [2.75, 3.05) is 39.5 Å². The third kappa shape index (κ3) is 5.20. The summed E-state index contributed by atoms with van der Waals surface area (Å²) in [5.74, 6) is 0. The van der Waals surface area contributed by atoms with Crippen LogP contribution in [0.25, 0.3) is 0 Å². The highest BCUT2D eigenvalue weighted by atomic mass is 16.5. The fraction of sp³-hybridized carbons (Fsp3) is 1.00. The third-order valence-electron chi connectivity index (χ3n) is 5.04. The Bertz CT molecular complexity index is 291. The molecule has 2 fully saturated rings. The van der Waals surface area contributed by atoms with Crippen LogP contribution in [0, 0.1) is 5.41 Å². The SMILES string of the molecule is CC(C)NCC1(CN2CCCCCC2CO)CCCOC1. The van der Waals surface area contributed by atoms with E-state index in [1.165, 1.54) is 25.7 Å². The molecule has 2 saturated heterocycles. The maximum Gasteiger partial charge on any atom is 0.0586 e. The lowest BCUT2D eigenvalue weighted by Crippen LogP contribution is -2.52. The Morgan fingerprint density at radius 1 is 1.29 bits per heavy atom. The summed E-state index contributed by atoms with van der Waals surface area (Å²) in [6, 6.07) is 0.868. The van der Waals surface area contributed by atoms with Gasteiger partial charge in [-0.1, -0.05) is 26.7 Å². The average molecular weight is 298 g/mol. The number of hydrogen-bond acceptors (Lipinski definition) is 4. The van der Waals surface area contributed by atoms with Crippen LogP contribution in [0.3, 0.4) is 0 Å². The molecule has 0 aromatic rings. The minimum absolute atomic E-state index is 0.223. The molecule has 2 atom stereocenters. The molecule has 2 aliphatic heterocycles. The van der Waals surface area contributed by atoms with Gasteiger partial charge in [-0.25, -0.2) is 0 Å². The van der Waals surface area contributed by atoms with Gasteiger partial charge >= 0.3 is 0 Å². The summed E-state index contributed by atoms with van der Waals surface area (Å²) in [7, 11) is 0. The van der Waals surface area contributed by atoms with Gasteiger partial charge in [0.05, 0.1) is 13.2 Å². The van der Waals surface area contributed by atoms with Crippen LogP contribution in [-0.4, -0.2) is 61.5 Å². The van der Waals surface area contributed by atoms with Crippen molar-refractivity contribution in [1.82, 2.24) is 10.2 Å². The van der Waals surface area contributed by atoms with Gasteiger partial charge in [0.1, 0.15) is 0 Å². The molecule has 0 aromatic heterocycles. The van der Waals surface area contributed by atoms with Crippen LogP contribution in [0.2, 0.25) is 0 Å². The Morgan fingerprint density at radius 2 is 2.14 bits per heavy atom. The Morgan fingerprint density at radius 3 is 2.81 bits per heavy atom. The Labute approximate surface area is 130 Å². The number of aliphatic hydroxyl groups is 1. The normalized spacial score (nSPS) is 32.3. The van der Waals surface area contributed by atoms with Crippen molar-refractivity contribution < 1.29 is 9.84 Å². The van der Waals surface area contributed by atoms with Gasteiger partial charge in [0, 0.05) is 37.2 Å². The van der Waals surface area contributed by atoms with E-state index in [9.17, 15) is 5.11 Å². The first kappa shape index (κ1) is 17.2. The van der Waals surface area contributed by atoms with Crippen molar-refractivity contribution in [2.24, 2.45) is 5.41 Å². The summed E-state index contributed by atoms with van der Waals surface area (Å²) < 4.78 is 5.83. The highest BCUT2D eigenvalue weighted by Crippen LogP contribution is 2.31. The maximum absolute atomic E-state index is 9.73. The predicted molar refractivity (Wildman–Crippen MR) is 86.5 cm³/mol. The van der Waals surface area contributed by atoms with Crippen molar-refractivity contribution in [1.29, 1.82) is 0 Å². The van der Waals surface area contributed by atoms with Gasteiger partial charge in [-0.15, -0.1) is 0 Å². The number of nitrogens with zero attached hydrogens (tertiary/aromatic N) is 1. The number of aliphatic hydroxyl groups excluding tert-OH is 1. The van der Waals surface area contributed by atoms with E-state index in [1.54, 1.807) is 0 Å². The second kappa shape index (κ2) is 8.47. The molecule has 0 bridgehead atoms. The minimum Gasteiger partial charge on any atom is -0.395 e. The molecule has 0 amide bonds. The monoisotopic (exact) mass is 298 g/mol. The van der Waals surface area contributed by atoms with Gasteiger partial charge in [-0.2, -0.15) is 0 Å². The zero-order chi connectivity index (χ0) is 15.1. The lowest BCUT2D eigenvalue weighted by atomic mass is 9.81. The van der Waals surface area contributed by atoms with E-state index < -0.39 is 0 Å². The zero-order valence-electron chi connectivity index (χ0n) is 13.9. The van der Waals surface area contributed by atoms with Crippen molar-refractivity contribution in [3.05, 3.63) is 0 Å². The predicted octanol–water partition coefficient (Wildman–Crippen LogP) is 2.02. The van der Waals surface area contributed by atoms with Gasteiger partial charge in [0.25, 0.3) is 0 Å². The van der Waals surface area contributed by atoms with Gasteiger partial charge < -0.3 is 15.2 Å². The summed E-state index contributed by atoms with van der Waals surface area (Å²) in [5.41, 5.74) is 0.223. The van der Waals surface area contributed by atoms with Crippen molar-refractivity contribution >= 4 is 0 Å². The largest absolute Gasteiger partial charge is 0.395 e. The molecular formula is C17H34N2O2. The first-order chi connectivity index (χ1) is 10.2. The van der Waals surface area contributed by atoms with Crippen molar-refractivity contribution in [2.45, 2.75) is 64.5 Å². The molecule has 21 heavy (non-hydrogen) atoms. The Hall–Kier alpha value is -0.160. The first-order valence-electron chi connectivity index (χ1n) is 8.81. The van der Waals surface area contributed by atoms with Gasteiger partial charge in [0.2, 0.25) is 0 Å². The first-order valence-corrected chi connectivity index (χ1v) is 8.81. The molecule has 0 aliphatic carbocycles. The van der Waals surface area contributed by atoms with E-state index in [0.29, 0.717) is 18.7 Å². The smallest absolute Gasteiger partial charge is 0.0586 e. The van der Waals surface area contributed by atoms with Crippen molar-refractivity contribution in [3.8, 4) is 0 Å². The molecular weight excluding hydrogens is 264 g/mol. The summed E-state index contributed by atoms with van der Waals surface area (Å²) >= 11 is 0. The molecule has 0 radical (unpaired) electrons. The van der Waals surface area contributed by atoms with Crippen LogP contribution in [-0.2, 0) is 4.74 Å². The van der Waals surface area contributed by atoms with E-state index in [-0.39, 0.29) is 5.41 Å². The molecule has 4 heteroatoms. The summed E-state index contributed by atoms with van der Waals surface area (Å²) in [6.07, 6.45) is 7.38. The van der Waals surface area contributed by atoms with Crippen LogP contribution < -0.4 is 5.32 Å². The molecule has 2 unspecified atom stereocenters. The van der Waals surface area contributed by atoms with Crippen molar-refractivity contribution in [3.63, 3.8) is 0 Å².